The van der Waals surface area contributed by atoms with Crippen LogP contribution in [-0.2, 0) is 12.8 Å². The second kappa shape index (κ2) is 14.3. The molecule has 7 N–H and O–H groups in total. The van der Waals surface area contributed by atoms with Crippen LogP contribution in [-0.4, -0.2) is 35.3 Å². The minimum atomic E-state index is -0.392. The molecule has 1 amide bonds. The van der Waals surface area contributed by atoms with Crippen LogP contribution in [0.4, 0.5) is 0 Å². The lowest BCUT2D eigenvalue weighted by Gasteiger charge is -2.32. The normalized spacial score (nSPS) is 16.9. The molecular weight excluding hydrogens is 461 g/mol. The van der Waals surface area contributed by atoms with Crippen LogP contribution in [0, 0.1) is 0 Å². The first kappa shape index (κ1) is 29.0. The van der Waals surface area contributed by atoms with Gasteiger partial charge in [-0.15, -0.1) is 24.8 Å². The Labute approximate surface area is 209 Å². The summed E-state index contributed by atoms with van der Waals surface area (Å²) < 4.78 is 0. The van der Waals surface area contributed by atoms with Gasteiger partial charge in [0.2, 0.25) is 5.91 Å². The molecule has 0 heterocycles. The maximum Gasteiger partial charge on any atom is 0.248 e. The van der Waals surface area contributed by atoms with Crippen molar-refractivity contribution < 1.29 is 15.0 Å². The van der Waals surface area contributed by atoms with Crippen molar-refractivity contribution in [3.8, 4) is 11.5 Å². The number of carbonyl (C=O) groups is 1. The highest BCUT2D eigenvalue weighted by atomic mass is 35.5. The van der Waals surface area contributed by atoms with E-state index in [1.807, 2.05) is 18.2 Å². The van der Waals surface area contributed by atoms with Crippen LogP contribution in [0.25, 0.3) is 0 Å². The Morgan fingerprint density at radius 2 is 1.67 bits per heavy atom. The number of hydrogen-bond donors (Lipinski definition) is 5. The Balaban J connectivity index is 0.00000272. The van der Waals surface area contributed by atoms with Gasteiger partial charge in [-0.25, -0.2) is 0 Å². The number of phenols is 2. The van der Waals surface area contributed by atoms with Crippen molar-refractivity contribution in [3.05, 3.63) is 58.7 Å². The molecule has 2 aromatic rings. The van der Waals surface area contributed by atoms with Gasteiger partial charge >= 0.3 is 0 Å². The highest BCUT2D eigenvalue weighted by Gasteiger charge is 2.29. The molecule has 0 radical (unpaired) electrons. The van der Waals surface area contributed by atoms with Crippen molar-refractivity contribution in [2.75, 3.05) is 13.1 Å². The fourth-order valence-corrected chi connectivity index (χ4v) is 4.52. The summed E-state index contributed by atoms with van der Waals surface area (Å²) >= 11 is 0. The lowest BCUT2D eigenvalue weighted by atomic mass is 9.76. The zero-order chi connectivity index (χ0) is 22.2. The summed E-state index contributed by atoms with van der Waals surface area (Å²) in [6, 6.07) is 11.1. The van der Waals surface area contributed by atoms with Crippen molar-refractivity contribution in [2.24, 2.45) is 11.5 Å². The van der Waals surface area contributed by atoms with Crippen molar-refractivity contribution in [2.45, 2.75) is 63.3 Å². The molecule has 0 spiro atoms. The first-order valence-corrected chi connectivity index (χ1v) is 11.4. The summed E-state index contributed by atoms with van der Waals surface area (Å²) in [7, 11) is 0. The van der Waals surface area contributed by atoms with E-state index in [4.69, 9.17) is 11.5 Å². The Morgan fingerprint density at radius 3 is 2.36 bits per heavy atom. The highest BCUT2D eigenvalue weighted by molar-refractivity contribution is 5.92. The number of rotatable bonds is 11. The maximum absolute atomic E-state index is 11.1. The molecule has 1 aliphatic carbocycles. The minimum Gasteiger partial charge on any atom is -0.504 e. The van der Waals surface area contributed by atoms with Crippen LogP contribution in [0.15, 0.2) is 36.4 Å². The van der Waals surface area contributed by atoms with E-state index in [0.29, 0.717) is 5.56 Å². The van der Waals surface area contributed by atoms with E-state index in [1.165, 1.54) is 18.4 Å². The van der Waals surface area contributed by atoms with E-state index in [9.17, 15) is 15.0 Å². The van der Waals surface area contributed by atoms with Gasteiger partial charge in [0.1, 0.15) is 0 Å². The minimum absolute atomic E-state index is 0. The quantitative estimate of drug-likeness (QED) is 0.235. The van der Waals surface area contributed by atoms with Gasteiger partial charge in [0, 0.05) is 17.2 Å². The molecule has 2 atom stereocenters. The van der Waals surface area contributed by atoms with E-state index in [0.717, 1.165) is 62.7 Å². The molecule has 0 saturated carbocycles. The van der Waals surface area contributed by atoms with E-state index in [1.54, 1.807) is 18.2 Å². The van der Waals surface area contributed by atoms with E-state index >= 15 is 0 Å². The molecule has 0 saturated heterocycles. The van der Waals surface area contributed by atoms with Crippen LogP contribution in [0.2, 0.25) is 0 Å². The molecule has 0 aliphatic heterocycles. The number of nitrogens with one attached hydrogen (secondary N) is 1. The average Bonchev–Trinajstić information content (AvgIpc) is 2.76. The summed E-state index contributed by atoms with van der Waals surface area (Å²) in [5.41, 5.74) is 15.4. The standard InChI is InChI=1S/C25H35N3O3.2ClH/c26-22-12-10-21-19(11-13-23(29)24(21)30)20(22)5-3-1-2-4-15-28-16-14-17-6-8-18(9-7-17)25(27)31;;/h6-9,11,13,20,22,28-30H,1-5,10,12,14-16,26H2,(H2,27,31);2*1H. The summed E-state index contributed by atoms with van der Waals surface area (Å²) in [5.74, 6) is -0.140. The molecule has 2 unspecified atom stereocenters. The molecule has 6 nitrogen and oxygen atoms in total. The number of phenolic OH excluding ortho intramolecular Hbond substituents is 2. The Bertz CT molecular complexity index is 878. The highest BCUT2D eigenvalue weighted by Crippen LogP contribution is 2.42. The third kappa shape index (κ3) is 8.07. The fraction of sp³-hybridized carbons (Fsp3) is 0.480. The van der Waals surface area contributed by atoms with Crippen molar-refractivity contribution in [1.29, 1.82) is 0 Å². The van der Waals surface area contributed by atoms with Crippen molar-refractivity contribution in [3.63, 3.8) is 0 Å². The van der Waals surface area contributed by atoms with Gasteiger partial charge < -0.3 is 27.0 Å². The van der Waals surface area contributed by atoms with Gasteiger partial charge in [-0.1, -0.05) is 37.5 Å². The summed E-state index contributed by atoms with van der Waals surface area (Å²) in [5, 5.41) is 23.4. The molecule has 1 aliphatic rings. The van der Waals surface area contributed by atoms with Crippen molar-refractivity contribution >= 4 is 30.7 Å². The van der Waals surface area contributed by atoms with Gasteiger partial charge in [0.15, 0.2) is 11.5 Å². The average molecular weight is 498 g/mol. The van der Waals surface area contributed by atoms with Gasteiger partial charge in [0.25, 0.3) is 0 Å². The van der Waals surface area contributed by atoms with Gasteiger partial charge in [-0.2, -0.15) is 0 Å². The molecule has 0 fully saturated rings. The van der Waals surface area contributed by atoms with Crippen LogP contribution in [0.1, 0.15) is 71.5 Å². The van der Waals surface area contributed by atoms with E-state index < -0.39 is 5.91 Å². The van der Waals surface area contributed by atoms with Crippen LogP contribution < -0.4 is 16.8 Å². The molecule has 8 heteroatoms. The number of benzene rings is 2. The predicted octanol–water partition coefficient (Wildman–Crippen LogP) is 4.18. The largest absolute Gasteiger partial charge is 0.504 e. The second-order valence-electron chi connectivity index (χ2n) is 8.57. The van der Waals surface area contributed by atoms with Gasteiger partial charge in [-0.3, -0.25) is 4.79 Å². The number of hydrogen-bond acceptors (Lipinski definition) is 5. The number of halogens is 2. The zero-order valence-corrected chi connectivity index (χ0v) is 20.6. The summed E-state index contributed by atoms with van der Waals surface area (Å²) in [6.45, 7) is 1.91. The lowest BCUT2D eigenvalue weighted by molar-refractivity contribution is 0.100. The first-order chi connectivity index (χ1) is 15.0. The third-order valence-electron chi connectivity index (χ3n) is 6.39. The van der Waals surface area contributed by atoms with Gasteiger partial charge in [0.05, 0.1) is 0 Å². The second-order valence-corrected chi connectivity index (χ2v) is 8.57. The molecular formula is C25H37Cl2N3O3. The predicted molar refractivity (Wildman–Crippen MR) is 138 cm³/mol. The van der Waals surface area contributed by atoms with E-state index in [2.05, 4.69) is 5.32 Å². The first-order valence-electron chi connectivity index (χ1n) is 11.4. The Kier molecular flexibility index (Phi) is 12.6. The smallest absolute Gasteiger partial charge is 0.248 e. The van der Waals surface area contributed by atoms with Crippen molar-refractivity contribution in [1.82, 2.24) is 5.32 Å². The number of amides is 1. The van der Waals surface area contributed by atoms with Crippen LogP contribution in [0.5, 0.6) is 11.5 Å². The van der Waals surface area contributed by atoms with E-state index in [-0.39, 0.29) is 48.3 Å². The number of fused-ring (bicyclic) bond motifs is 1. The number of nitrogens with two attached hydrogens (primary N) is 2. The zero-order valence-electron chi connectivity index (χ0n) is 19.0. The Hall–Kier alpha value is -1.99. The number of carbonyl (C=O) groups excluding carboxylic acids is 1. The van der Waals surface area contributed by atoms with Crippen LogP contribution >= 0.6 is 24.8 Å². The fourth-order valence-electron chi connectivity index (χ4n) is 4.52. The topological polar surface area (TPSA) is 122 Å². The number of aromatic hydroxyl groups is 2. The summed E-state index contributed by atoms with van der Waals surface area (Å²) in [4.78, 5) is 11.1. The summed E-state index contributed by atoms with van der Waals surface area (Å²) in [6.07, 6.45) is 8.13. The lowest BCUT2D eigenvalue weighted by Crippen LogP contribution is -2.33. The molecule has 33 heavy (non-hydrogen) atoms. The molecule has 0 aromatic heterocycles. The number of unbranched alkanes of at least 4 members (excludes halogenated alkanes) is 3. The molecule has 0 bridgehead atoms. The molecule has 2 aromatic carbocycles. The number of primary amides is 1. The maximum atomic E-state index is 11.1. The molecule has 184 valence electrons. The van der Waals surface area contributed by atoms with Crippen LogP contribution in [0.3, 0.4) is 0 Å². The SMILES string of the molecule is Cl.Cl.NC(=O)c1ccc(CCNCCCCCCC2c3ccc(O)c(O)c3CCC2N)cc1. The third-order valence-corrected chi connectivity index (χ3v) is 6.39. The molecule has 3 rings (SSSR count). The monoisotopic (exact) mass is 497 g/mol. The van der Waals surface area contributed by atoms with Gasteiger partial charge in [-0.05, 0) is 80.4 Å². The Morgan fingerprint density at radius 1 is 0.970 bits per heavy atom.